The number of rotatable bonds is 4. The molecule has 0 aliphatic carbocycles. The number of likely N-dealkylation sites (tertiary alicyclic amines) is 1. The minimum atomic E-state index is 0.0429. The van der Waals surface area contributed by atoms with Crippen LogP contribution in [-0.4, -0.2) is 71.7 Å². The normalized spacial score (nSPS) is 21.8. The maximum absolute atomic E-state index is 12.6. The Morgan fingerprint density at radius 1 is 1.31 bits per heavy atom. The number of aromatic nitrogens is 2. The van der Waals surface area contributed by atoms with Gasteiger partial charge in [0.1, 0.15) is 0 Å². The molecule has 140 valence electrons. The van der Waals surface area contributed by atoms with Gasteiger partial charge in [-0.1, -0.05) is 6.07 Å². The van der Waals surface area contributed by atoms with Crippen molar-refractivity contribution in [3.05, 3.63) is 30.1 Å². The van der Waals surface area contributed by atoms with Gasteiger partial charge in [0.05, 0.1) is 30.6 Å². The first-order chi connectivity index (χ1) is 12.8. The molecule has 2 saturated heterocycles. The molecule has 7 nitrogen and oxygen atoms in total. The first kappa shape index (κ1) is 17.3. The molecule has 1 aromatic heterocycles. The van der Waals surface area contributed by atoms with E-state index in [0.29, 0.717) is 12.5 Å². The van der Waals surface area contributed by atoms with E-state index in [1.165, 1.54) is 6.42 Å². The molecule has 1 atom stereocenters. The molecule has 2 aliphatic heterocycles. The van der Waals surface area contributed by atoms with Gasteiger partial charge in [-0.2, -0.15) is 0 Å². The molecule has 3 heterocycles. The summed E-state index contributed by atoms with van der Waals surface area (Å²) < 4.78 is 5.42. The number of amides is 2. The van der Waals surface area contributed by atoms with E-state index in [1.54, 1.807) is 6.33 Å². The van der Waals surface area contributed by atoms with Gasteiger partial charge < -0.3 is 19.9 Å². The summed E-state index contributed by atoms with van der Waals surface area (Å²) in [7, 11) is 0. The second-order valence-electron chi connectivity index (χ2n) is 7.28. The van der Waals surface area contributed by atoms with E-state index in [4.69, 9.17) is 4.74 Å². The standard InChI is InChI=1S/C19H27N5O2/c25-19(20-11-15-3-4-17-18(10-15)22-14-21-17)24-5-1-2-16(13-24)12-23-6-8-26-9-7-23/h3-4,10,14,16H,1-2,5-9,11-13H2,(H,20,25)(H,21,22). The molecule has 2 N–H and O–H groups in total. The van der Waals surface area contributed by atoms with Crippen molar-refractivity contribution in [3.63, 3.8) is 0 Å². The number of piperidine rings is 1. The fourth-order valence-corrected chi connectivity index (χ4v) is 3.93. The van der Waals surface area contributed by atoms with E-state index in [-0.39, 0.29) is 6.03 Å². The van der Waals surface area contributed by atoms with Crippen LogP contribution in [0.25, 0.3) is 11.0 Å². The summed E-state index contributed by atoms with van der Waals surface area (Å²) in [6, 6.07) is 6.08. The van der Waals surface area contributed by atoms with Gasteiger partial charge >= 0.3 is 6.03 Å². The van der Waals surface area contributed by atoms with Crippen LogP contribution in [0.1, 0.15) is 18.4 Å². The zero-order valence-electron chi connectivity index (χ0n) is 15.1. The van der Waals surface area contributed by atoms with Gasteiger partial charge in [0.2, 0.25) is 0 Å². The number of ether oxygens (including phenoxy) is 1. The number of benzene rings is 1. The molecule has 0 bridgehead atoms. The predicted octanol–water partition coefficient (Wildman–Crippen LogP) is 1.82. The first-order valence-electron chi connectivity index (χ1n) is 9.53. The summed E-state index contributed by atoms with van der Waals surface area (Å²) in [6.07, 6.45) is 3.98. The number of hydrogen-bond acceptors (Lipinski definition) is 4. The van der Waals surface area contributed by atoms with Gasteiger partial charge in [-0.15, -0.1) is 0 Å². The van der Waals surface area contributed by atoms with Crippen molar-refractivity contribution < 1.29 is 9.53 Å². The van der Waals surface area contributed by atoms with Gasteiger partial charge in [-0.05, 0) is 36.5 Å². The van der Waals surface area contributed by atoms with Crippen molar-refractivity contribution in [1.82, 2.24) is 25.1 Å². The smallest absolute Gasteiger partial charge is 0.317 e. The highest BCUT2D eigenvalue weighted by Gasteiger charge is 2.25. The number of H-pyrrole nitrogens is 1. The fraction of sp³-hybridized carbons (Fsp3) is 0.579. The number of fused-ring (bicyclic) bond motifs is 1. The van der Waals surface area contributed by atoms with Crippen LogP contribution in [0.15, 0.2) is 24.5 Å². The van der Waals surface area contributed by atoms with E-state index in [1.807, 2.05) is 23.1 Å². The summed E-state index contributed by atoms with van der Waals surface area (Å²) in [5.74, 6) is 0.564. The Morgan fingerprint density at radius 3 is 3.08 bits per heavy atom. The molecule has 2 aliphatic rings. The maximum Gasteiger partial charge on any atom is 0.317 e. The summed E-state index contributed by atoms with van der Waals surface area (Å²) >= 11 is 0. The Kier molecular flexibility index (Phi) is 5.36. The molecule has 0 spiro atoms. The molecule has 2 amide bonds. The summed E-state index contributed by atoms with van der Waals surface area (Å²) in [6.45, 7) is 7.00. The van der Waals surface area contributed by atoms with Gasteiger partial charge in [0.15, 0.2) is 0 Å². The molecule has 1 unspecified atom stereocenters. The number of aromatic amines is 1. The minimum absolute atomic E-state index is 0.0429. The molecular weight excluding hydrogens is 330 g/mol. The predicted molar refractivity (Wildman–Crippen MR) is 99.9 cm³/mol. The van der Waals surface area contributed by atoms with Crippen LogP contribution >= 0.6 is 0 Å². The highest BCUT2D eigenvalue weighted by molar-refractivity contribution is 5.76. The molecular formula is C19H27N5O2. The van der Waals surface area contributed by atoms with Crippen LogP contribution in [0.3, 0.4) is 0 Å². The number of hydrogen-bond donors (Lipinski definition) is 2. The molecule has 7 heteroatoms. The summed E-state index contributed by atoms with van der Waals surface area (Å²) in [4.78, 5) is 24.4. The molecule has 0 radical (unpaired) electrons. The maximum atomic E-state index is 12.6. The van der Waals surface area contributed by atoms with Crippen molar-refractivity contribution in [3.8, 4) is 0 Å². The zero-order valence-corrected chi connectivity index (χ0v) is 15.1. The van der Waals surface area contributed by atoms with Crippen molar-refractivity contribution in [2.75, 3.05) is 45.9 Å². The Bertz CT molecular complexity index is 740. The molecule has 26 heavy (non-hydrogen) atoms. The average molecular weight is 357 g/mol. The quantitative estimate of drug-likeness (QED) is 0.875. The van der Waals surface area contributed by atoms with Crippen LogP contribution in [0.4, 0.5) is 4.79 Å². The zero-order chi connectivity index (χ0) is 17.8. The third-order valence-electron chi connectivity index (χ3n) is 5.35. The third-order valence-corrected chi connectivity index (χ3v) is 5.35. The van der Waals surface area contributed by atoms with Crippen molar-refractivity contribution in [1.29, 1.82) is 0 Å². The summed E-state index contributed by atoms with van der Waals surface area (Å²) in [5, 5.41) is 3.07. The van der Waals surface area contributed by atoms with Gasteiger partial charge in [0.25, 0.3) is 0 Å². The number of nitrogens with zero attached hydrogens (tertiary/aromatic N) is 3. The molecule has 4 rings (SSSR count). The summed E-state index contributed by atoms with van der Waals surface area (Å²) in [5.41, 5.74) is 3.03. The van der Waals surface area contributed by atoms with Crippen LogP contribution in [0.2, 0.25) is 0 Å². The van der Waals surface area contributed by atoms with Crippen LogP contribution in [-0.2, 0) is 11.3 Å². The number of urea groups is 1. The molecule has 2 fully saturated rings. The van der Waals surface area contributed by atoms with Crippen LogP contribution < -0.4 is 5.32 Å². The molecule has 2 aromatic rings. The Labute approximate surface area is 153 Å². The lowest BCUT2D eigenvalue weighted by molar-refractivity contribution is 0.0249. The van der Waals surface area contributed by atoms with E-state index < -0.39 is 0 Å². The second-order valence-corrected chi connectivity index (χ2v) is 7.28. The number of imidazole rings is 1. The van der Waals surface area contributed by atoms with E-state index in [2.05, 4.69) is 20.2 Å². The monoisotopic (exact) mass is 357 g/mol. The van der Waals surface area contributed by atoms with Gasteiger partial charge in [-0.25, -0.2) is 9.78 Å². The SMILES string of the molecule is O=C(NCc1ccc2nc[nH]c2c1)N1CCCC(CN2CCOCC2)C1. The van der Waals surface area contributed by atoms with Crippen molar-refractivity contribution in [2.24, 2.45) is 5.92 Å². The number of carbonyl (C=O) groups excluding carboxylic acids is 1. The Morgan fingerprint density at radius 2 is 2.19 bits per heavy atom. The lowest BCUT2D eigenvalue weighted by Gasteiger charge is -2.36. The molecule has 1 aromatic carbocycles. The van der Waals surface area contributed by atoms with E-state index >= 15 is 0 Å². The lowest BCUT2D eigenvalue weighted by Crippen LogP contribution is -2.48. The van der Waals surface area contributed by atoms with Crippen LogP contribution in [0, 0.1) is 5.92 Å². The topological polar surface area (TPSA) is 73.5 Å². The number of nitrogens with one attached hydrogen (secondary N) is 2. The van der Waals surface area contributed by atoms with Crippen LogP contribution in [0.5, 0.6) is 0 Å². The fourth-order valence-electron chi connectivity index (χ4n) is 3.93. The lowest BCUT2D eigenvalue weighted by atomic mass is 9.97. The largest absolute Gasteiger partial charge is 0.379 e. The first-order valence-corrected chi connectivity index (χ1v) is 9.53. The highest BCUT2D eigenvalue weighted by Crippen LogP contribution is 2.18. The average Bonchev–Trinajstić information content (AvgIpc) is 3.15. The Balaban J connectivity index is 1.28. The van der Waals surface area contributed by atoms with Gasteiger partial charge in [-0.3, -0.25) is 4.90 Å². The van der Waals surface area contributed by atoms with Crippen molar-refractivity contribution in [2.45, 2.75) is 19.4 Å². The van der Waals surface area contributed by atoms with E-state index in [9.17, 15) is 4.79 Å². The number of morpholine rings is 1. The van der Waals surface area contributed by atoms with Gasteiger partial charge in [0, 0.05) is 39.3 Å². The number of carbonyl (C=O) groups is 1. The Hall–Kier alpha value is -2.12. The van der Waals surface area contributed by atoms with Crippen molar-refractivity contribution >= 4 is 17.1 Å². The molecule has 0 saturated carbocycles. The third kappa shape index (κ3) is 4.16. The van der Waals surface area contributed by atoms with E-state index in [0.717, 1.165) is 69.0 Å². The minimum Gasteiger partial charge on any atom is -0.379 e. The highest BCUT2D eigenvalue weighted by atomic mass is 16.5. The second kappa shape index (κ2) is 8.05.